The molecule has 1 amide bonds. The Bertz CT molecular complexity index is 562. The summed E-state index contributed by atoms with van der Waals surface area (Å²) in [4.78, 5) is 17.0. The molecule has 1 aliphatic carbocycles. The van der Waals surface area contributed by atoms with Crippen molar-refractivity contribution in [3.05, 3.63) is 23.8 Å². The quantitative estimate of drug-likeness (QED) is 0.831. The molecule has 3 rings (SSSR count). The van der Waals surface area contributed by atoms with Gasteiger partial charge in [0, 0.05) is 44.2 Å². The molecule has 1 aromatic rings. The Hall–Kier alpha value is -1.75. The molecule has 5 heteroatoms. The third kappa shape index (κ3) is 3.83. The van der Waals surface area contributed by atoms with Crippen molar-refractivity contribution in [2.75, 3.05) is 40.4 Å². The van der Waals surface area contributed by atoms with Crippen LogP contribution in [0.2, 0.25) is 0 Å². The Morgan fingerprint density at radius 1 is 1.08 bits per heavy atom. The van der Waals surface area contributed by atoms with Crippen LogP contribution >= 0.6 is 0 Å². The van der Waals surface area contributed by atoms with Gasteiger partial charge in [-0.05, 0) is 31.0 Å². The van der Waals surface area contributed by atoms with E-state index in [1.165, 1.54) is 12.8 Å². The smallest absolute Gasteiger partial charge is 0.225 e. The van der Waals surface area contributed by atoms with Gasteiger partial charge < -0.3 is 14.4 Å². The van der Waals surface area contributed by atoms with Crippen LogP contribution < -0.4 is 9.47 Å². The van der Waals surface area contributed by atoms with Crippen LogP contribution in [-0.4, -0.2) is 56.1 Å². The number of rotatable bonds is 5. The maximum absolute atomic E-state index is 12.5. The van der Waals surface area contributed by atoms with Crippen LogP contribution in [0.3, 0.4) is 0 Å². The zero-order valence-electron chi connectivity index (χ0n) is 14.8. The minimum Gasteiger partial charge on any atom is -0.497 e. The summed E-state index contributed by atoms with van der Waals surface area (Å²) >= 11 is 0. The number of nitrogens with zero attached hydrogens (tertiary/aromatic N) is 2. The second kappa shape index (κ2) is 7.88. The largest absolute Gasteiger partial charge is 0.497 e. The van der Waals surface area contributed by atoms with E-state index < -0.39 is 0 Å². The number of carbonyl (C=O) groups is 1. The molecule has 1 saturated heterocycles. The second-order valence-electron chi connectivity index (χ2n) is 6.76. The highest BCUT2D eigenvalue weighted by atomic mass is 16.5. The number of benzene rings is 1. The van der Waals surface area contributed by atoms with Gasteiger partial charge >= 0.3 is 0 Å². The summed E-state index contributed by atoms with van der Waals surface area (Å²) in [7, 11) is 3.38. The van der Waals surface area contributed by atoms with E-state index in [1.54, 1.807) is 14.2 Å². The fourth-order valence-electron chi connectivity index (χ4n) is 3.80. The first-order valence-electron chi connectivity index (χ1n) is 8.93. The zero-order chi connectivity index (χ0) is 16.9. The Morgan fingerprint density at radius 2 is 1.79 bits per heavy atom. The van der Waals surface area contributed by atoms with Crippen molar-refractivity contribution in [1.29, 1.82) is 0 Å². The van der Waals surface area contributed by atoms with Crippen LogP contribution in [0.5, 0.6) is 11.5 Å². The second-order valence-corrected chi connectivity index (χ2v) is 6.76. The first-order valence-corrected chi connectivity index (χ1v) is 8.93. The van der Waals surface area contributed by atoms with Gasteiger partial charge in [-0.2, -0.15) is 0 Å². The zero-order valence-corrected chi connectivity index (χ0v) is 14.8. The highest BCUT2D eigenvalue weighted by Crippen LogP contribution is 2.28. The molecule has 0 N–H and O–H groups in total. The fraction of sp³-hybridized carbons (Fsp3) is 0.632. The van der Waals surface area contributed by atoms with E-state index in [0.717, 1.165) is 62.6 Å². The lowest BCUT2D eigenvalue weighted by Crippen LogP contribution is -2.49. The number of hydrogen-bond acceptors (Lipinski definition) is 4. The lowest BCUT2D eigenvalue weighted by Gasteiger charge is -2.36. The van der Waals surface area contributed by atoms with E-state index in [0.29, 0.717) is 5.91 Å². The molecule has 1 aliphatic heterocycles. The molecule has 0 radical (unpaired) electrons. The molecule has 2 aliphatic rings. The van der Waals surface area contributed by atoms with Crippen molar-refractivity contribution in [3.8, 4) is 11.5 Å². The standard InChI is InChI=1S/C19H28N2O3/c1-23-17-7-8-18(24-2)16(13-17)14-20-9-11-21(12-10-20)19(22)15-5-3-4-6-15/h7-8,13,15H,3-6,9-12,14H2,1-2H3. The van der Waals surface area contributed by atoms with E-state index in [2.05, 4.69) is 9.80 Å². The van der Waals surface area contributed by atoms with Crippen LogP contribution in [0.15, 0.2) is 18.2 Å². The predicted molar refractivity (Wildman–Crippen MR) is 93.4 cm³/mol. The molecule has 1 aromatic carbocycles. The molecule has 0 atom stereocenters. The van der Waals surface area contributed by atoms with Crippen LogP contribution in [0.4, 0.5) is 0 Å². The topological polar surface area (TPSA) is 42.0 Å². The van der Waals surface area contributed by atoms with Gasteiger partial charge in [-0.1, -0.05) is 12.8 Å². The summed E-state index contributed by atoms with van der Waals surface area (Å²) in [5.41, 5.74) is 1.13. The van der Waals surface area contributed by atoms with Crippen molar-refractivity contribution >= 4 is 5.91 Å². The number of ether oxygens (including phenoxy) is 2. The summed E-state index contributed by atoms with van der Waals surface area (Å²) in [6.07, 6.45) is 4.60. The van der Waals surface area contributed by atoms with Gasteiger partial charge in [-0.25, -0.2) is 0 Å². The highest BCUT2D eigenvalue weighted by molar-refractivity contribution is 5.79. The average Bonchev–Trinajstić information content (AvgIpc) is 3.16. The molecule has 0 aromatic heterocycles. The van der Waals surface area contributed by atoms with E-state index in [-0.39, 0.29) is 5.92 Å². The van der Waals surface area contributed by atoms with Gasteiger partial charge in [-0.15, -0.1) is 0 Å². The van der Waals surface area contributed by atoms with Crippen LogP contribution in [0.1, 0.15) is 31.2 Å². The Kier molecular flexibility index (Phi) is 5.61. The van der Waals surface area contributed by atoms with E-state index in [1.807, 2.05) is 18.2 Å². The third-order valence-electron chi connectivity index (χ3n) is 5.27. The molecule has 0 unspecified atom stereocenters. The minimum absolute atomic E-state index is 0.287. The van der Waals surface area contributed by atoms with Crippen molar-refractivity contribution in [2.45, 2.75) is 32.2 Å². The molecular formula is C19H28N2O3. The van der Waals surface area contributed by atoms with Crippen LogP contribution in [0.25, 0.3) is 0 Å². The number of hydrogen-bond donors (Lipinski definition) is 0. The molecular weight excluding hydrogens is 304 g/mol. The first-order chi connectivity index (χ1) is 11.7. The fourth-order valence-corrected chi connectivity index (χ4v) is 3.80. The maximum atomic E-state index is 12.5. The van der Waals surface area contributed by atoms with Crippen LogP contribution in [-0.2, 0) is 11.3 Å². The molecule has 0 bridgehead atoms. The highest BCUT2D eigenvalue weighted by Gasteiger charge is 2.29. The summed E-state index contributed by atoms with van der Waals surface area (Å²) in [5.74, 6) is 2.40. The molecule has 5 nitrogen and oxygen atoms in total. The molecule has 24 heavy (non-hydrogen) atoms. The molecule has 0 spiro atoms. The number of amides is 1. The minimum atomic E-state index is 0.287. The normalized spacial score (nSPS) is 19.5. The molecule has 1 heterocycles. The van der Waals surface area contributed by atoms with E-state index in [4.69, 9.17) is 9.47 Å². The Balaban J connectivity index is 1.56. The lowest BCUT2D eigenvalue weighted by molar-refractivity contribution is -0.137. The summed E-state index contributed by atoms with van der Waals surface area (Å²) in [6.45, 7) is 4.33. The summed E-state index contributed by atoms with van der Waals surface area (Å²) in [5, 5.41) is 0. The average molecular weight is 332 g/mol. The van der Waals surface area contributed by atoms with Gasteiger partial charge in [0.25, 0.3) is 0 Å². The molecule has 132 valence electrons. The van der Waals surface area contributed by atoms with Crippen molar-refractivity contribution < 1.29 is 14.3 Å². The molecule has 2 fully saturated rings. The van der Waals surface area contributed by atoms with Gasteiger partial charge in [0.2, 0.25) is 5.91 Å². The number of methoxy groups -OCH3 is 2. The summed E-state index contributed by atoms with van der Waals surface area (Å²) in [6, 6.07) is 5.91. The van der Waals surface area contributed by atoms with Crippen molar-refractivity contribution in [2.24, 2.45) is 5.92 Å². The summed E-state index contributed by atoms with van der Waals surface area (Å²) < 4.78 is 10.8. The van der Waals surface area contributed by atoms with Crippen molar-refractivity contribution in [3.63, 3.8) is 0 Å². The lowest BCUT2D eigenvalue weighted by atomic mass is 10.1. The Labute approximate surface area is 144 Å². The maximum Gasteiger partial charge on any atom is 0.225 e. The SMILES string of the molecule is COc1ccc(OC)c(CN2CCN(C(=O)C3CCCC3)CC2)c1. The number of carbonyl (C=O) groups excluding carboxylic acids is 1. The van der Waals surface area contributed by atoms with E-state index >= 15 is 0 Å². The van der Waals surface area contributed by atoms with Gasteiger partial charge in [-0.3, -0.25) is 9.69 Å². The predicted octanol–water partition coefficient (Wildman–Crippen LogP) is 2.54. The van der Waals surface area contributed by atoms with E-state index in [9.17, 15) is 4.79 Å². The van der Waals surface area contributed by atoms with Crippen LogP contribution in [0, 0.1) is 5.92 Å². The van der Waals surface area contributed by atoms with Gasteiger partial charge in [0.15, 0.2) is 0 Å². The Morgan fingerprint density at radius 3 is 2.42 bits per heavy atom. The third-order valence-corrected chi connectivity index (χ3v) is 5.27. The van der Waals surface area contributed by atoms with Gasteiger partial charge in [0.1, 0.15) is 11.5 Å². The number of piperazine rings is 1. The first kappa shape index (κ1) is 17.1. The van der Waals surface area contributed by atoms with Crippen molar-refractivity contribution in [1.82, 2.24) is 9.80 Å². The van der Waals surface area contributed by atoms with Gasteiger partial charge in [0.05, 0.1) is 14.2 Å². The molecule has 1 saturated carbocycles. The monoisotopic (exact) mass is 332 g/mol.